The van der Waals surface area contributed by atoms with Crippen LogP contribution in [0, 0.1) is 29.9 Å². The molecule has 8 heteroatoms. The molecule has 0 saturated heterocycles. The Balaban J connectivity index is 0.000000520. The van der Waals surface area contributed by atoms with Crippen LogP contribution in [0.2, 0.25) is 0 Å². The van der Waals surface area contributed by atoms with Crippen LogP contribution in [0.5, 0.6) is 0 Å². The van der Waals surface area contributed by atoms with Gasteiger partial charge in [-0.25, -0.2) is 8.78 Å². The molecule has 1 fully saturated rings. The first kappa shape index (κ1) is 31.1. The number of ketones is 1. The van der Waals surface area contributed by atoms with Gasteiger partial charge in [0.15, 0.2) is 11.6 Å². The number of carbonyl (C=O) groups excluding carboxylic acids is 1. The maximum Gasteiger partial charge on any atom is 0.313 e. The highest BCUT2D eigenvalue weighted by molar-refractivity contribution is 5.84. The van der Waals surface area contributed by atoms with E-state index in [0.29, 0.717) is 16.7 Å². The first-order valence-corrected chi connectivity index (χ1v) is 11.1. The topological polar surface area (TPSA) is 29.4 Å². The number of halogens is 6. The zero-order chi connectivity index (χ0) is 26.2. The summed E-state index contributed by atoms with van der Waals surface area (Å²) in [6, 6.07) is 2.32. The molecule has 1 aromatic rings. The Bertz CT molecular complexity index is 806. The zero-order valence-electron chi connectivity index (χ0n) is 20.9. The third kappa shape index (κ3) is 10.7. The second-order valence-electron chi connectivity index (χ2n) is 9.97. The summed E-state index contributed by atoms with van der Waals surface area (Å²) in [4.78, 5) is 15.0. The Morgan fingerprint density at radius 2 is 1.55 bits per heavy atom. The van der Waals surface area contributed by atoms with Crippen molar-refractivity contribution >= 4 is 17.2 Å². The molecule has 1 aliphatic carbocycles. The van der Waals surface area contributed by atoms with E-state index in [9.17, 15) is 31.1 Å². The molecule has 0 aromatic heterocycles. The summed E-state index contributed by atoms with van der Waals surface area (Å²) in [5.74, 6) is -11.4. The van der Waals surface area contributed by atoms with Crippen molar-refractivity contribution in [1.82, 2.24) is 0 Å². The lowest BCUT2D eigenvalue weighted by Crippen LogP contribution is -2.59. The van der Waals surface area contributed by atoms with Gasteiger partial charge in [-0.15, -0.1) is 0 Å². The Hall–Kier alpha value is -1.86. The van der Waals surface area contributed by atoms with E-state index in [2.05, 4.69) is 39.6 Å². The van der Waals surface area contributed by atoms with Crippen molar-refractivity contribution in [3.05, 3.63) is 29.3 Å². The fourth-order valence-corrected chi connectivity index (χ4v) is 2.74. The maximum absolute atomic E-state index is 13.0. The molecular formula is C25H37F6NO. The fourth-order valence-electron chi connectivity index (χ4n) is 2.74. The molecule has 190 valence electrons. The van der Waals surface area contributed by atoms with Gasteiger partial charge in [0.25, 0.3) is 0 Å². The molecule has 0 radical (unpaired) electrons. The van der Waals surface area contributed by atoms with Gasteiger partial charge in [0, 0.05) is 37.0 Å². The molecule has 0 N–H and O–H groups in total. The molecule has 1 aliphatic rings. The van der Waals surface area contributed by atoms with E-state index in [-0.39, 0.29) is 12.2 Å². The Labute approximate surface area is 193 Å². The van der Waals surface area contributed by atoms with Crippen LogP contribution in [0.1, 0.15) is 86.1 Å². The van der Waals surface area contributed by atoms with Gasteiger partial charge in [-0.1, -0.05) is 48.0 Å². The summed E-state index contributed by atoms with van der Waals surface area (Å²) in [6.07, 6.45) is 0.694. The molecule has 0 heterocycles. The fraction of sp³-hybridized carbons (Fsp3) is 0.680. The Morgan fingerprint density at radius 3 is 1.94 bits per heavy atom. The number of rotatable bonds is 6. The lowest BCUT2D eigenvalue weighted by molar-refractivity contribution is -0.313. The van der Waals surface area contributed by atoms with Gasteiger partial charge in [-0.3, -0.25) is 9.79 Å². The lowest BCUT2D eigenvalue weighted by Gasteiger charge is -2.43. The summed E-state index contributed by atoms with van der Waals surface area (Å²) in [7, 11) is 0. The number of aliphatic imine (C=N–C) groups is 1. The number of nitrogens with zero attached hydrogens (tertiary/aromatic N) is 1. The average Bonchev–Trinajstić information content (AvgIpc) is 2.64. The highest BCUT2D eigenvalue weighted by atomic mass is 19.3. The van der Waals surface area contributed by atoms with Crippen LogP contribution in [-0.2, 0) is 4.79 Å². The number of hydrogen-bond donors (Lipinski definition) is 0. The quantitative estimate of drug-likeness (QED) is 0.295. The van der Waals surface area contributed by atoms with Crippen LogP contribution in [0.3, 0.4) is 0 Å². The van der Waals surface area contributed by atoms with E-state index in [1.807, 2.05) is 6.92 Å². The van der Waals surface area contributed by atoms with Gasteiger partial charge in [-0.05, 0) is 37.3 Å². The Morgan fingerprint density at radius 1 is 1.06 bits per heavy atom. The van der Waals surface area contributed by atoms with Crippen LogP contribution in [0.4, 0.5) is 32.0 Å². The van der Waals surface area contributed by atoms with Crippen molar-refractivity contribution < 1.29 is 31.1 Å². The predicted molar refractivity (Wildman–Crippen MR) is 122 cm³/mol. The first-order valence-electron chi connectivity index (χ1n) is 11.1. The highest BCUT2D eigenvalue weighted by Gasteiger charge is 2.71. The molecule has 2 nitrogen and oxygen atoms in total. The largest absolute Gasteiger partial charge is 0.313 e. The van der Waals surface area contributed by atoms with Crippen molar-refractivity contribution in [2.24, 2.45) is 16.3 Å². The molecule has 1 unspecified atom stereocenters. The molecule has 0 bridgehead atoms. The summed E-state index contributed by atoms with van der Waals surface area (Å²) < 4.78 is 75.4. The van der Waals surface area contributed by atoms with Crippen molar-refractivity contribution in [3.8, 4) is 0 Å². The molecule has 0 amide bonds. The minimum absolute atomic E-state index is 0.123. The van der Waals surface area contributed by atoms with Crippen LogP contribution in [-0.4, -0.2) is 23.3 Å². The van der Waals surface area contributed by atoms with Gasteiger partial charge < -0.3 is 0 Å². The molecule has 1 aromatic carbocycles. The molecular weight excluding hydrogens is 444 g/mol. The minimum atomic E-state index is -3.99. The molecule has 0 aliphatic heterocycles. The number of benzene rings is 1. The van der Waals surface area contributed by atoms with Crippen LogP contribution >= 0.6 is 0 Å². The lowest BCUT2D eigenvalue weighted by atomic mass is 9.74. The highest BCUT2D eigenvalue weighted by Crippen LogP contribution is 2.56. The SMILES string of the molecule is CC(C)(C)C.CCC(=O)CC1CC(F)(F)C1(F)F.CCCC(C)=Nc1cc(F)c(F)cc1C. The van der Waals surface area contributed by atoms with E-state index in [1.165, 1.54) is 13.0 Å². The van der Waals surface area contributed by atoms with Gasteiger partial charge >= 0.3 is 11.8 Å². The maximum atomic E-state index is 13.0. The van der Waals surface area contributed by atoms with Crippen LogP contribution < -0.4 is 0 Å². The van der Waals surface area contributed by atoms with E-state index >= 15 is 0 Å². The van der Waals surface area contributed by atoms with Gasteiger partial charge in [0.2, 0.25) is 0 Å². The smallest absolute Gasteiger partial charge is 0.300 e. The summed E-state index contributed by atoms with van der Waals surface area (Å²) in [5, 5.41) is 0. The average molecular weight is 482 g/mol. The second kappa shape index (κ2) is 12.6. The van der Waals surface area contributed by atoms with E-state index in [1.54, 1.807) is 6.92 Å². The number of aryl methyl sites for hydroxylation is 1. The van der Waals surface area contributed by atoms with Gasteiger partial charge in [-0.2, -0.15) is 17.6 Å². The number of hydrogen-bond acceptors (Lipinski definition) is 2. The van der Waals surface area contributed by atoms with Gasteiger partial charge in [0.05, 0.1) is 5.69 Å². The molecule has 33 heavy (non-hydrogen) atoms. The van der Waals surface area contributed by atoms with Crippen molar-refractivity contribution in [2.45, 2.75) is 99.3 Å². The number of Topliss-reactive ketones (excluding diaryl/α,β-unsaturated/α-hetero) is 1. The summed E-state index contributed by atoms with van der Waals surface area (Å²) in [5.41, 5.74) is 2.61. The third-order valence-corrected chi connectivity index (χ3v) is 4.53. The van der Waals surface area contributed by atoms with E-state index < -0.39 is 42.2 Å². The summed E-state index contributed by atoms with van der Waals surface area (Å²) in [6.45, 7) is 15.9. The van der Waals surface area contributed by atoms with Crippen molar-refractivity contribution in [1.29, 1.82) is 0 Å². The Kier molecular flexibility index (Phi) is 11.9. The predicted octanol–water partition coefficient (Wildman–Crippen LogP) is 8.86. The van der Waals surface area contributed by atoms with Crippen molar-refractivity contribution in [3.63, 3.8) is 0 Å². The first-order chi connectivity index (χ1) is 14.9. The minimum Gasteiger partial charge on any atom is -0.300 e. The van der Waals surface area contributed by atoms with Crippen LogP contribution in [0.15, 0.2) is 17.1 Å². The molecule has 1 saturated carbocycles. The van der Waals surface area contributed by atoms with Crippen molar-refractivity contribution in [2.75, 3.05) is 0 Å². The monoisotopic (exact) mass is 481 g/mol. The number of carbonyl (C=O) groups is 1. The van der Waals surface area contributed by atoms with E-state index in [4.69, 9.17) is 0 Å². The standard InChI is InChI=1S/C12H15F2N.C8H10F4O.C5H12/c1-4-5-9(3)15-12-7-11(14)10(13)6-8(12)2;1-2-6(13)3-5-4-7(9,10)8(5,11)12;1-5(2,3)4/h6-7H,4-5H2,1-3H3;5H,2-4H2,1H3;1-4H3. The van der Waals surface area contributed by atoms with E-state index in [0.717, 1.165) is 24.6 Å². The molecule has 2 rings (SSSR count). The molecule has 0 spiro atoms. The molecule has 1 atom stereocenters. The van der Waals surface area contributed by atoms with Crippen LogP contribution in [0.25, 0.3) is 0 Å². The third-order valence-electron chi connectivity index (χ3n) is 4.53. The number of alkyl halides is 4. The zero-order valence-corrected chi connectivity index (χ0v) is 20.9. The normalized spacial score (nSPS) is 18.8. The summed E-state index contributed by atoms with van der Waals surface area (Å²) >= 11 is 0. The van der Waals surface area contributed by atoms with Gasteiger partial charge in [0.1, 0.15) is 5.78 Å². The second-order valence-corrected chi connectivity index (χ2v) is 9.97.